The number of ether oxygens (including phenoxy) is 1. The third kappa shape index (κ3) is 5.03. The third-order valence-electron chi connectivity index (χ3n) is 1.96. The van der Waals surface area contributed by atoms with Crippen molar-refractivity contribution in [3.05, 3.63) is 28.8 Å². The highest BCUT2D eigenvalue weighted by Gasteiger charge is 2.03. The van der Waals surface area contributed by atoms with Crippen LogP contribution in [0.1, 0.15) is 12.5 Å². The van der Waals surface area contributed by atoms with E-state index >= 15 is 0 Å². The second kappa shape index (κ2) is 8.65. The van der Waals surface area contributed by atoms with Crippen molar-refractivity contribution in [2.75, 3.05) is 19.7 Å². The van der Waals surface area contributed by atoms with Gasteiger partial charge in [0.2, 0.25) is 0 Å². The number of halogens is 2. The summed E-state index contributed by atoms with van der Waals surface area (Å²) in [6, 6.07) is 5.64. The molecule has 92 valence electrons. The van der Waals surface area contributed by atoms with Crippen LogP contribution in [0.15, 0.2) is 18.2 Å². The first kappa shape index (κ1) is 15.5. The van der Waals surface area contributed by atoms with Crippen molar-refractivity contribution in [3.8, 4) is 5.75 Å². The van der Waals surface area contributed by atoms with E-state index < -0.39 is 0 Å². The molecule has 1 aromatic carbocycles. The van der Waals surface area contributed by atoms with Crippen LogP contribution in [0.4, 0.5) is 0 Å². The smallest absolute Gasteiger partial charge is 0.123 e. The van der Waals surface area contributed by atoms with Crippen molar-refractivity contribution >= 4 is 24.0 Å². The monoisotopic (exact) mass is 264 g/mol. The molecule has 1 aromatic rings. The molecule has 0 amide bonds. The zero-order chi connectivity index (χ0) is 11.1. The van der Waals surface area contributed by atoms with Gasteiger partial charge in [0.1, 0.15) is 5.75 Å². The summed E-state index contributed by atoms with van der Waals surface area (Å²) in [5, 5.41) is 3.94. The van der Waals surface area contributed by atoms with E-state index in [9.17, 15) is 0 Å². The van der Waals surface area contributed by atoms with Crippen LogP contribution in [0.5, 0.6) is 5.75 Å². The molecule has 3 N–H and O–H groups in total. The van der Waals surface area contributed by atoms with Crippen LogP contribution >= 0.6 is 24.0 Å². The lowest BCUT2D eigenvalue weighted by molar-refractivity contribution is 0.335. The summed E-state index contributed by atoms with van der Waals surface area (Å²) in [6.07, 6.45) is 0. The number of hydrogen-bond donors (Lipinski definition) is 2. The Bertz CT molecular complexity index is 308. The third-order valence-corrected chi connectivity index (χ3v) is 2.19. The van der Waals surface area contributed by atoms with E-state index in [1.165, 1.54) is 0 Å². The Morgan fingerprint density at radius 3 is 2.81 bits per heavy atom. The van der Waals surface area contributed by atoms with Gasteiger partial charge in [-0.15, -0.1) is 12.4 Å². The van der Waals surface area contributed by atoms with Crippen molar-refractivity contribution in [1.82, 2.24) is 5.32 Å². The predicted octanol–water partition coefficient (Wildman–Crippen LogP) is 2.21. The van der Waals surface area contributed by atoms with Crippen LogP contribution in [0.2, 0.25) is 5.02 Å². The lowest BCUT2D eigenvalue weighted by Gasteiger charge is -2.11. The number of nitrogens with one attached hydrogen (secondary N) is 1. The highest BCUT2D eigenvalue weighted by molar-refractivity contribution is 6.30. The number of rotatable bonds is 6. The molecule has 0 unspecified atom stereocenters. The summed E-state index contributed by atoms with van der Waals surface area (Å²) < 4.78 is 5.49. The quantitative estimate of drug-likeness (QED) is 0.775. The largest absolute Gasteiger partial charge is 0.494 e. The summed E-state index contributed by atoms with van der Waals surface area (Å²) in [5.74, 6) is 0.881. The number of hydrogen-bond acceptors (Lipinski definition) is 3. The minimum atomic E-state index is 0. The summed E-state index contributed by atoms with van der Waals surface area (Å²) in [7, 11) is 0. The maximum atomic E-state index is 5.92. The van der Waals surface area contributed by atoms with E-state index in [1.54, 1.807) is 0 Å². The first-order valence-corrected chi connectivity index (χ1v) is 5.47. The van der Waals surface area contributed by atoms with E-state index in [0.717, 1.165) is 29.4 Å². The molecule has 0 spiro atoms. The van der Waals surface area contributed by atoms with Gasteiger partial charge in [0.15, 0.2) is 0 Å². The Hall–Kier alpha value is -0.480. The van der Waals surface area contributed by atoms with Crippen LogP contribution in [0.25, 0.3) is 0 Å². The zero-order valence-corrected chi connectivity index (χ0v) is 10.9. The van der Waals surface area contributed by atoms with E-state index in [1.807, 2.05) is 25.1 Å². The average Bonchev–Trinajstić information content (AvgIpc) is 2.22. The normalized spacial score (nSPS) is 9.69. The first-order valence-electron chi connectivity index (χ1n) is 5.10. The molecule has 0 atom stereocenters. The molecule has 5 heteroatoms. The molecule has 0 aliphatic heterocycles. The van der Waals surface area contributed by atoms with E-state index in [0.29, 0.717) is 13.2 Å². The van der Waals surface area contributed by atoms with Gasteiger partial charge in [-0.3, -0.25) is 0 Å². The summed E-state index contributed by atoms with van der Waals surface area (Å²) in [4.78, 5) is 0. The molecule has 0 fully saturated rings. The van der Waals surface area contributed by atoms with Crippen molar-refractivity contribution in [1.29, 1.82) is 0 Å². The average molecular weight is 265 g/mol. The summed E-state index contributed by atoms with van der Waals surface area (Å²) >= 11 is 5.92. The predicted molar refractivity (Wildman–Crippen MR) is 70.6 cm³/mol. The number of nitrogens with two attached hydrogens (primary N) is 1. The molecule has 0 aromatic heterocycles. The molecule has 0 saturated heterocycles. The minimum Gasteiger partial charge on any atom is -0.494 e. The van der Waals surface area contributed by atoms with E-state index in [-0.39, 0.29) is 12.4 Å². The topological polar surface area (TPSA) is 47.3 Å². The second-order valence-electron chi connectivity index (χ2n) is 3.15. The molecule has 0 aliphatic rings. The van der Waals surface area contributed by atoms with Crippen LogP contribution in [-0.2, 0) is 6.54 Å². The summed E-state index contributed by atoms with van der Waals surface area (Å²) in [5.41, 5.74) is 6.47. The maximum Gasteiger partial charge on any atom is 0.123 e. The molecule has 0 radical (unpaired) electrons. The van der Waals surface area contributed by atoms with Gasteiger partial charge < -0.3 is 15.8 Å². The number of benzene rings is 1. The SMILES string of the molecule is CCOc1ccc(Cl)cc1CNCCN.Cl. The van der Waals surface area contributed by atoms with Crippen LogP contribution in [0.3, 0.4) is 0 Å². The Labute approximate surface area is 108 Å². The Morgan fingerprint density at radius 2 is 2.19 bits per heavy atom. The minimum absolute atomic E-state index is 0. The van der Waals surface area contributed by atoms with Crippen LogP contribution in [0, 0.1) is 0 Å². The van der Waals surface area contributed by atoms with Gasteiger partial charge in [-0.25, -0.2) is 0 Å². The maximum absolute atomic E-state index is 5.92. The van der Waals surface area contributed by atoms with Crippen molar-refractivity contribution in [3.63, 3.8) is 0 Å². The fourth-order valence-corrected chi connectivity index (χ4v) is 1.50. The highest BCUT2D eigenvalue weighted by Crippen LogP contribution is 2.22. The Morgan fingerprint density at radius 1 is 1.44 bits per heavy atom. The molecular formula is C11H18Cl2N2O. The molecule has 16 heavy (non-hydrogen) atoms. The van der Waals surface area contributed by atoms with Gasteiger partial charge >= 0.3 is 0 Å². The van der Waals surface area contributed by atoms with Gasteiger partial charge in [0, 0.05) is 30.2 Å². The van der Waals surface area contributed by atoms with Crippen LogP contribution in [-0.4, -0.2) is 19.7 Å². The van der Waals surface area contributed by atoms with Crippen molar-refractivity contribution in [2.45, 2.75) is 13.5 Å². The Balaban J connectivity index is 0.00000225. The van der Waals surface area contributed by atoms with Crippen molar-refractivity contribution < 1.29 is 4.74 Å². The van der Waals surface area contributed by atoms with E-state index in [2.05, 4.69) is 5.32 Å². The molecular weight excluding hydrogens is 247 g/mol. The molecule has 0 heterocycles. The van der Waals surface area contributed by atoms with Gasteiger partial charge in [0.25, 0.3) is 0 Å². The van der Waals surface area contributed by atoms with Gasteiger partial charge in [-0.1, -0.05) is 11.6 Å². The lowest BCUT2D eigenvalue weighted by atomic mass is 10.2. The molecule has 0 saturated carbocycles. The van der Waals surface area contributed by atoms with Crippen molar-refractivity contribution in [2.24, 2.45) is 5.73 Å². The molecule has 3 nitrogen and oxygen atoms in total. The van der Waals surface area contributed by atoms with Crippen LogP contribution < -0.4 is 15.8 Å². The van der Waals surface area contributed by atoms with Gasteiger partial charge in [-0.2, -0.15) is 0 Å². The molecule has 1 rings (SSSR count). The Kier molecular flexibility index (Phi) is 8.39. The zero-order valence-electron chi connectivity index (χ0n) is 9.33. The highest BCUT2D eigenvalue weighted by atomic mass is 35.5. The fourth-order valence-electron chi connectivity index (χ4n) is 1.31. The molecule has 0 bridgehead atoms. The van der Waals surface area contributed by atoms with E-state index in [4.69, 9.17) is 22.1 Å². The van der Waals surface area contributed by atoms with Gasteiger partial charge in [0.05, 0.1) is 6.61 Å². The standard InChI is InChI=1S/C11H17ClN2O.ClH/c1-2-15-11-4-3-10(12)7-9(11)8-14-6-5-13;/h3-4,7,14H,2,5-6,8,13H2,1H3;1H. The fraction of sp³-hybridized carbons (Fsp3) is 0.455. The second-order valence-corrected chi connectivity index (χ2v) is 3.59. The summed E-state index contributed by atoms with van der Waals surface area (Å²) in [6.45, 7) is 4.77. The molecule has 0 aliphatic carbocycles. The first-order chi connectivity index (χ1) is 7.27. The lowest BCUT2D eigenvalue weighted by Crippen LogP contribution is -2.22. The van der Waals surface area contributed by atoms with Gasteiger partial charge in [-0.05, 0) is 25.1 Å².